The van der Waals surface area contributed by atoms with Gasteiger partial charge in [-0.15, -0.1) is 0 Å². The van der Waals surface area contributed by atoms with Crippen molar-refractivity contribution in [2.24, 2.45) is 5.73 Å². The number of nitrogens with two attached hydrogens (primary N) is 1. The number of hydrogen-bond acceptors (Lipinski definition) is 4. The summed E-state index contributed by atoms with van der Waals surface area (Å²) in [5, 5.41) is 17.7. The molecule has 0 aromatic rings. The predicted octanol–water partition coefficient (Wildman–Crippen LogP) is 2.11. The fraction of sp³-hybridized carbons (Fsp3) is 0.857. The highest BCUT2D eigenvalue weighted by Crippen LogP contribution is 2.15. The molecule has 0 saturated carbocycles. The normalized spacial score (nSPS) is 14.1. The average molecular weight is 309 g/mol. The minimum Gasteiger partial charge on any atom is -0.480 e. The number of carbonyl (C=O) groups is 2. The van der Waals surface area contributed by atoms with Crippen LogP contribution in [0, 0.1) is 0 Å². The molecular formula is C14H25F2NO4. The standard InChI is InChI=1S/C14H25F2NO4/c15-12(16)8-6-4-2-1-3-5-7-11(19)14(17,9-10-18)13(20)21/h12,18H,1-10,17H2,(H,20,21)/t14-/m1/s1. The van der Waals surface area contributed by atoms with Crippen LogP contribution >= 0.6 is 0 Å². The summed E-state index contributed by atoms with van der Waals surface area (Å²) in [5.41, 5.74) is 3.52. The van der Waals surface area contributed by atoms with Crippen molar-refractivity contribution < 1.29 is 28.6 Å². The molecule has 4 N–H and O–H groups in total. The molecule has 0 aliphatic carbocycles. The minimum atomic E-state index is -2.25. The van der Waals surface area contributed by atoms with E-state index in [0.29, 0.717) is 12.8 Å². The number of ketones is 1. The maximum absolute atomic E-state index is 11.9. The molecule has 5 nitrogen and oxygen atoms in total. The van der Waals surface area contributed by atoms with Crippen molar-refractivity contribution in [3.63, 3.8) is 0 Å². The first-order chi connectivity index (χ1) is 9.84. The van der Waals surface area contributed by atoms with Gasteiger partial charge in [0, 0.05) is 25.9 Å². The first kappa shape index (κ1) is 19.9. The number of Topliss-reactive ketones (excluding diaryl/α,β-unsaturated/α-hetero) is 1. The molecule has 0 bridgehead atoms. The monoisotopic (exact) mass is 309 g/mol. The van der Waals surface area contributed by atoms with Gasteiger partial charge in [0.15, 0.2) is 11.3 Å². The summed E-state index contributed by atoms with van der Waals surface area (Å²) in [6.07, 6.45) is 1.56. The Morgan fingerprint density at radius 1 is 1.05 bits per heavy atom. The molecule has 0 heterocycles. The van der Waals surface area contributed by atoms with E-state index in [-0.39, 0.29) is 19.3 Å². The van der Waals surface area contributed by atoms with Crippen LogP contribution in [0.25, 0.3) is 0 Å². The highest BCUT2D eigenvalue weighted by molar-refractivity contribution is 6.07. The third-order valence-electron chi connectivity index (χ3n) is 3.46. The first-order valence-corrected chi connectivity index (χ1v) is 7.29. The van der Waals surface area contributed by atoms with Crippen molar-refractivity contribution in [1.29, 1.82) is 0 Å². The summed E-state index contributed by atoms with van der Waals surface area (Å²) >= 11 is 0. The number of alkyl halides is 2. The number of rotatable bonds is 13. The second-order valence-corrected chi connectivity index (χ2v) is 5.22. The van der Waals surface area contributed by atoms with Gasteiger partial charge in [0.05, 0.1) is 0 Å². The Morgan fingerprint density at radius 2 is 1.57 bits per heavy atom. The van der Waals surface area contributed by atoms with Gasteiger partial charge in [0.1, 0.15) is 0 Å². The molecule has 21 heavy (non-hydrogen) atoms. The second kappa shape index (κ2) is 10.6. The Morgan fingerprint density at radius 3 is 2.05 bits per heavy atom. The Kier molecular flexibility index (Phi) is 10.1. The minimum absolute atomic E-state index is 0.0554. The molecule has 0 rings (SSSR count). The molecule has 124 valence electrons. The third kappa shape index (κ3) is 8.06. The molecule has 0 unspecified atom stereocenters. The quantitative estimate of drug-likeness (QED) is 0.357. The van der Waals surface area contributed by atoms with Crippen LogP contribution in [-0.4, -0.2) is 40.5 Å². The van der Waals surface area contributed by atoms with Gasteiger partial charge in [0.25, 0.3) is 0 Å². The molecule has 0 aliphatic rings. The zero-order chi connectivity index (χ0) is 16.3. The number of hydrogen-bond donors (Lipinski definition) is 3. The van der Waals surface area contributed by atoms with Crippen LogP contribution < -0.4 is 5.73 Å². The molecule has 0 amide bonds. The van der Waals surface area contributed by atoms with Crippen molar-refractivity contribution in [2.75, 3.05) is 6.61 Å². The van der Waals surface area contributed by atoms with Crippen molar-refractivity contribution in [3.8, 4) is 0 Å². The van der Waals surface area contributed by atoms with E-state index in [1.54, 1.807) is 0 Å². The zero-order valence-electron chi connectivity index (χ0n) is 12.2. The van der Waals surface area contributed by atoms with E-state index in [9.17, 15) is 18.4 Å². The van der Waals surface area contributed by atoms with Crippen LogP contribution in [0.2, 0.25) is 0 Å². The number of halogens is 2. The highest BCUT2D eigenvalue weighted by atomic mass is 19.3. The van der Waals surface area contributed by atoms with Crippen molar-refractivity contribution in [3.05, 3.63) is 0 Å². The molecule has 7 heteroatoms. The molecule has 1 atom stereocenters. The van der Waals surface area contributed by atoms with Crippen LogP contribution in [0.1, 0.15) is 57.8 Å². The molecular weight excluding hydrogens is 284 g/mol. The summed E-state index contributed by atoms with van der Waals surface area (Å²) in [6.45, 7) is -0.460. The fourth-order valence-electron chi connectivity index (χ4n) is 2.06. The van der Waals surface area contributed by atoms with E-state index in [4.69, 9.17) is 15.9 Å². The summed E-state index contributed by atoms with van der Waals surface area (Å²) < 4.78 is 23.8. The topological polar surface area (TPSA) is 101 Å². The molecule has 0 aromatic carbocycles. The number of unbranched alkanes of at least 4 members (excludes halogenated alkanes) is 5. The van der Waals surface area contributed by atoms with E-state index < -0.39 is 30.3 Å². The maximum Gasteiger partial charge on any atom is 0.331 e. The van der Waals surface area contributed by atoms with Gasteiger partial charge in [-0.1, -0.05) is 25.7 Å². The Hall–Kier alpha value is -1.08. The molecule has 0 spiro atoms. The van der Waals surface area contributed by atoms with Crippen LogP contribution in [0.4, 0.5) is 8.78 Å². The van der Waals surface area contributed by atoms with Gasteiger partial charge in [-0.05, 0) is 12.8 Å². The van der Waals surface area contributed by atoms with Crippen molar-refractivity contribution >= 4 is 11.8 Å². The lowest BCUT2D eigenvalue weighted by molar-refractivity contribution is -0.149. The number of aliphatic hydroxyl groups excluding tert-OH is 1. The fourth-order valence-corrected chi connectivity index (χ4v) is 2.06. The van der Waals surface area contributed by atoms with Crippen molar-refractivity contribution in [2.45, 2.75) is 69.8 Å². The molecule has 0 aromatic heterocycles. The van der Waals surface area contributed by atoms with E-state index in [0.717, 1.165) is 25.7 Å². The van der Waals surface area contributed by atoms with Gasteiger partial charge in [-0.25, -0.2) is 13.6 Å². The number of carboxylic acids is 1. The Bertz CT molecular complexity index is 326. The lowest BCUT2D eigenvalue weighted by Gasteiger charge is -2.22. The lowest BCUT2D eigenvalue weighted by Crippen LogP contribution is -2.55. The van der Waals surface area contributed by atoms with Crippen LogP contribution in [0.3, 0.4) is 0 Å². The Balaban J connectivity index is 3.81. The van der Waals surface area contributed by atoms with Crippen molar-refractivity contribution in [1.82, 2.24) is 0 Å². The zero-order valence-corrected chi connectivity index (χ0v) is 12.2. The molecule has 0 fully saturated rings. The van der Waals surface area contributed by atoms with Gasteiger partial charge in [0.2, 0.25) is 6.43 Å². The summed E-state index contributed by atoms with van der Waals surface area (Å²) in [6, 6.07) is 0. The van der Waals surface area contributed by atoms with Gasteiger partial charge in [-0.3, -0.25) is 4.79 Å². The number of carboxylic acid groups (broad SMARTS) is 1. The van der Waals surface area contributed by atoms with Gasteiger partial charge < -0.3 is 15.9 Å². The molecule has 0 aliphatic heterocycles. The number of aliphatic hydroxyl groups is 1. The second-order valence-electron chi connectivity index (χ2n) is 5.22. The summed E-state index contributed by atoms with van der Waals surface area (Å²) in [7, 11) is 0. The molecule has 0 radical (unpaired) electrons. The average Bonchev–Trinajstić information content (AvgIpc) is 2.41. The SMILES string of the molecule is N[C@@](CCO)(C(=O)O)C(=O)CCCCCCCCC(F)F. The van der Waals surface area contributed by atoms with E-state index in [1.165, 1.54) is 0 Å². The molecule has 0 saturated heterocycles. The number of carbonyl (C=O) groups excluding carboxylic acids is 1. The largest absolute Gasteiger partial charge is 0.480 e. The highest BCUT2D eigenvalue weighted by Gasteiger charge is 2.40. The van der Waals surface area contributed by atoms with E-state index in [2.05, 4.69) is 0 Å². The van der Waals surface area contributed by atoms with Gasteiger partial charge in [-0.2, -0.15) is 0 Å². The number of aliphatic carboxylic acids is 1. The van der Waals surface area contributed by atoms with Crippen LogP contribution in [-0.2, 0) is 9.59 Å². The lowest BCUT2D eigenvalue weighted by atomic mass is 9.88. The van der Waals surface area contributed by atoms with E-state index in [1.807, 2.05) is 0 Å². The first-order valence-electron chi connectivity index (χ1n) is 7.29. The van der Waals surface area contributed by atoms with Gasteiger partial charge >= 0.3 is 5.97 Å². The van der Waals surface area contributed by atoms with E-state index >= 15 is 0 Å². The van der Waals surface area contributed by atoms with Crippen LogP contribution in [0.5, 0.6) is 0 Å². The summed E-state index contributed by atoms with van der Waals surface area (Å²) in [5.74, 6) is -2.00. The maximum atomic E-state index is 11.9. The summed E-state index contributed by atoms with van der Waals surface area (Å²) in [4.78, 5) is 22.8. The third-order valence-corrected chi connectivity index (χ3v) is 3.46. The van der Waals surface area contributed by atoms with Crippen LogP contribution in [0.15, 0.2) is 0 Å². The predicted molar refractivity (Wildman–Crippen MR) is 74.2 cm³/mol. The smallest absolute Gasteiger partial charge is 0.331 e. The Labute approximate surface area is 123 Å².